The van der Waals surface area contributed by atoms with E-state index in [1.807, 2.05) is 17.0 Å². The minimum atomic E-state index is 0.00766. The zero-order valence-electron chi connectivity index (χ0n) is 18.4. The molecule has 166 valence electrons. The van der Waals surface area contributed by atoms with Gasteiger partial charge in [0.05, 0.1) is 5.92 Å². The van der Waals surface area contributed by atoms with Gasteiger partial charge in [0.25, 0.3) is 0 Å². The fraction of sp³-hybridized carbons (Fsp3) is 0.480. The predicted molar refractivity (Wildman–Crippen MR) is 119 cm³/mol. The number of phenols is 1. The van der Waals surface area contributed by atoms with E-state index < -0.39 is 0 Å². The van der Waals surface area contributed by atoms with Gasteiger partial charge in [-0.3, -0.25) is 9.69 Å². The molecule has 1 N–H and O–H groups in total. The molecule has 1 atom stereocenters. The summed E-state index contributed by atoms with van der Waals surface area (Å²) in [4.78, 5) is 17.7. The van der Waals surface area contributed by atoms with E-state index >= 15 is 0 Å². The van der Waals surface area contributed by atoms with Gasteiger partial charge in [0.15, 0.2) is 11.5 Å². The summed E-state index contributed by atoms with van der Waals surface area (Å²) in [6, 6.07) is 14.0. The molecule has 2 heterocycles. The number of hydrogen-bond donors (Lipinski definition) is 1. The van der Waals surface area contributed by atoms with Gasteiger partial charge in [-0.05, 0) is 42.1 Å². The van der Waals surface area contributed by atoms with E-state index in [1.165, 1.54) is 5.56 Å². The number of nitrogens with zero attached hydrogens (tertiary/aromatic N) is 2. The standard InChI is InChI=1S/C25H32N2O4/c1-18(2)14-27(16-20-12-22(28)24-23(13-20)30-10-11-31-24)25(29)21-8-9-26(17-21)15-19-6-4-3-5-7-19/h3-7,12-13,18,21,28H,8-11,14-17H2,1-2H3. The van der Waals surface area contributed by atoms with Crippen LogP contribution in [0.25, 0.3) is 0 Å². The third-order valence-corrected chi connectivity index (χ3v) is 5.82. The van der Waals surface area contributed by atoms with Crippen LogP contribution >= 0.6 is 0 Å². The molecule has 1 amide bonds. The summed E-state index contributed by atoms with van der Waals surface area (Å²) in [6.45, 7) is 8.88. The lowest BCUT2D eigenvalue weighted by Gasteiger charge is -2.28. The van der Waals surface area contributed by atoms with E-state index in [4.69, 9.17) is 9.47 Å². The Kier molecular flexibility index (Phi) is 6.66. The zero-order valence-corrected chi connectivity index (χ0v) is 18.4. The van der Waals surface area contributed by atoms with Crippen LogP contribution in [0.3, 0.4) is 0 Å². The van der Waals surface area contributed by atoms with Crippen molar-refractivity contribution in [3.05, 3.63) is 53.6 Å². The van der Waals surface area contributed by atoms with Crippen LogP contribution in [-0.4, -0.2) is 53.7 Å². The van der Waals surface area contributed by atoms with Crippen LogP contribution in [0.1, 0.15) is 31.4 Å². The Balaban J connectivity index is 1.44. The number of likely N-dealkylation sites (tertiary alicyclic amines) is 1. The van der Waals surface area contributed by atoms with Crippen molar-refractivity contribution < 1.29 is 19.4 Å². The van der Waals surface area contributed by atoms with Crippen molar-refractivity contribution in [1.29, 1.82) is 0 Å². The molecule has 31 heavy (non-hydrogen) atoms. The molecule has 2 aliphatic heterocycles. The average molecular weight is 425 g/mol. The zero-order chi connectivity index (χ0) is 21.8. The van der Waals surface area contributed by atoms with Gasteiger partial charge in [-0.1, -0.05) is 44.2 Å². The molecular weight excluding hydrogens is 392 g/mol. The number of carbonyl (C=O) groups is 1. The summed E-state index contributed by atoms with van der Waals surface area (Å²) < 4.78 is 11.2. The molecule has 1 saturated heterocycles. The molecule has 0 radical (unpaired) electrons. The molecule has 0 spiro atoms. The van der Waals surface area contributed by atoms with Crippen molar-refractivity contribution in [3.63, 3.8) is 0 Å². The fourth-order valence-electron chi connectivity index (χ4n) is 4.45. The van der Waals surface area contributed by atoms with E-state index in [0.29, 0.717) is 43.7 Å². The van der Waals surface area contributed by atoms with E-state index in [9.17, 15) is 9.90 Å². The third-order valence-electron chi connectivity index (χ3n) is 5.82. The first-order valence-electron chi connectivity index (χ1n) is 11.2. The van der Waals surface area contributed by atoms with Gasteiger partial charge in [-0.15, -0.1) is 0 Å². The van der Waals surface area contributed by atoms with E-state index in [1.54, 1.807) is 6.07 Å². The molecule has 0 saturated carbocycles. The Hall–Kier alpha value is -2.73. The number of carbonyl (C=O) groups excluding carboxylic acids is 1. The largest absolute Gasteiger partial charge is 0.504 e. The lowest BCUT2D eigenvalue weighted by Crippen LogP contribution is -2.39. The summed E-state index contributed by atoms with van der Waals surface area (Å²) >= 11 is 0. The summed E-state index contributed by atoms with van der Waals surface area (Å²) in [5.74, 6) is 1.57. The van der Waals surface area contributed by atoms with Crippen molar-refractivity contribution in [2.75, 3.05) is 32.8 Å². The summed E-state index contributed by atoms with van der Waals surface area (Å²) in [5, 5.41) is 10.3. The van der Waals surface area contributed by atoms with Crippen molar-refractivity contribution in [3.8, 4) is 17.2 Å². The van der Waals surface area contributed by atoms with E-state index in [-0.39, 0.29) is 17.6 Å². The lowest BCUT2D eigenvalue weighted by molar-refractivity contribution is -0.136. The molecular formula is C25H32N2O4. The normalized spacial score (nSPS) is 18.4. The monoisotopic (exact) mass is 424 g/mol. The van der Waals surface area contributed by atoms with Crippen molar-refractivity contribution in [2.45, 2.75) is 33.4 Å². The van der Waals surface area contributed by atoms with E-state index in [2.05, 4.69) is 43.0 Å². The molecule has 0 aromatic heterocycles. The second-order valence-corrected chi connectivity index (χ2v) is 8.96. The highest BCUT2D eigenvalue weighted by molar-refractivity contribution is 5.79. The van der Waals surface area contributed by atoms with Crippen LogP contribution in [0, 0.1) is 11.8 Å². The van der Waals surface area contributed by atoms with Crippen LogP contribution in [0.15, 0.2) is 42.5 Å². The second-order valence-electron chi connectivity index (χ2n) is 8.96. The molecule has 6 heteroatoms. The molecule has 6 nitrogen and oxygen atoms in total. The third kappa shape index (κ3) is 5.31. The Bertz CT molecular complexity index is 900. The van der Waals surface area contributed by atoms with Gasteiger partial charge < -0.3 is 19.5 Å². The van der Waals surface area contributed by atoms with Gasteiger partial charge in [0.2, 0.25) is 11.7 Å². The molecule has 0 aliphatic carbocycles. The highest BCUT2D eigenvalue weighted by Crippen LogP contribution is 2.40. The number of ether oxygens (including phenoxy) is 2. The van der Waals surface area contributed by atoms with Gasteiger partial charge >= 0.3 is 0 Å². The number of amides is 1. The molecule has 2 aliphatic rings. The predicted octanol–water partition coefficient (Wildman–Crippen LogP) is 3.67. The van der Waals surface area contributed by atoms with Crippen LogP contribution in [0.4, 0.5) is 0 Å². The Morgan fingerprint density at radius 3 is 2.71 bits per heavy atom. The van der Waals surface area contributed by atoms with Gasteiger partial charge in [-0.25, -0.2) is 0 Å². The second kappa shape index (κ2) is 9.60. The number of hydrogen-bond acceptors (Lipinski definition) is 5. The topological polar surface area (TPSA) is 62.2 Å². The minimum absolute atomic E-state index is 0.00766. The van der Waals surface area contributed by atoms with Crippen LogP contribution in [-0.2, 0) is 17.9 Å². The SMILES string of the molecule is CC(C)CN(Cc1cc(O)c2c(c1)OCCO2)C(=O)C1CCN(Cc2ccccc2)C1. The molecule has 1 fully saturated rings. The van der Waals surface area contributed by atoms with E-state index in [0.717, 1.165) is 31.6 Å². The van der Waals surface area contributed by atoms with Crippen LogP contribution in [0.2, 0.25) is 0 Å². The number of rotatable bonds is 7. The summed E-state index contributed by atoms with van der Waals surface area (Å²) in [5.41, 5.74) is 2.14. The highest BCUT2D eigenvalue weighted by atomic mass is 16.6. The first-order chi connectivity index (χ1) is 15.0. The first kappa shape index (κ1) is 21.5. The van der Waals surface area contributed by atoms with Crippen molar-refractivity contribution >= 4 is 5.91 Å². The van der Waals surface area contributed by atoms with Crippen molar-refractivity contribution in [2.24, 2.45) is 11.8 Å². The number of phenolic OH excluding ortho intramolecular Hbond substituents is 1. The Labute approximate surface area is 184 Å². The van der Waals surface area contributed by atoms with Crippen molar-refractivity contribution in [1.82, 2.24) is 9.80 Å². The fourth-order valence-corrected chi connectivity index (χ4v) is 4.45. The average Bonchev–Trinajstić information content (AvgIpc) is 3.21. The maximum Gasteiger partial charge on any atom is 0.227 e. The van der Waals surface area contributed by atoms with Gasteiger partial charge in [-0.2, -0.15) is 0 Å². The molecule has 4 rings (SSSR count). The Morgan fingerprint density at radius 1 is 1.16 bits per heavy atom. The smallest absolute Gasteiger partial charge is 0.227 e. The number of fused-ring (bicyclic) bond motifs is 1. The lowest BCUT2D eigenvalue weighted by atomic mass is 10.0. The van der Waals surface area contributed by atoms with Gasteiger partial charge in [0.1, 0.15) is 13.2 Å². The minimum Gasteiger partial charge on any atom is -0.504 e. The molecule has 0 bridgehead atoms. The maximum absolute atomic E-state index is 13.4. The molecule has 2 aromatic rings. The number of aromatic hydroxyl groups is 1. The van der Waals surface area contributed by atoms with Gasteiger partial charge in [0, 0.05) is 26.2 Å². The quantitative estimate of drug-likeness (QED) is 0.735. The number of benzene rings is 2. The summed E-state index contributed by atoms with van der Waals surface area (Å²) in [7, 11) is 0. The highest BCUT2D eigenvalue weighted by Gasteiger charge is 2.32. The van der Waals surface area contributed by atoms with Crippen LogP contribution in [0.5, 0.6) is 17.2 Å². The Morgan fingerprint density at radius 2 is 1.94 bits per heavy atom. The maximum atomic E-state index is 13.4. The summed E-state index contributed by atoms with van der Waals surface area (Å²) in [6.07, 6.45) is 0.882. The first-order valence-corrected chi connectivity index (χ1v) is 11.2. The van der Waals surface area contributed by atoms with Crippen LogP contribution < -0.4 is 9.47 Å². The molecule has 1 unspecified atom stereocenters. The molecule has 2 aromatic carbocycles.